The molecule has 0 spiro atoms. The second kappa shape index (κ2) is 9.18. The van der Waals surface area contributed by atoms with E-state index in [4.69, 9.17) is 16.1 Å². The van der Waals surface area contributed by atoms with Crippen LogP contribution in [0.25, 0.3) is 28.3 Å². The highest BCUT2D eigenvalue weighted by atomic mass is 35.5. The van der Waals surface area contributed by atoms with E-state index < -0.39 is 52.1 Å². The molecule has 4 rings (SSSR count). The number of hydrogen-bond acceptors (Lipinski definition) is 6. The van der Waals surface area contributed by atoms with Crippen molar-refractivity contribution in [2.24, 2.45) is 0 Å². The molecule has 2 N–H and O–H groups in total. The first-order valence-corrected chi connectivity index (χ1v) is 10.0. The van der Waals surface area contributed by atoms with Crippen LogP contribution in [0, 0.1) is 5.82 Å². The fraction of sp³-hybridized carbons (Fsp3) is 0.0952. The first-order chi connectivity index (χ1) is 16.6. The number of carbonyl (C=O) groups is 2. The number of nitrogens with one attached hydrogen (secondary N) is 2. The third-order valence-corrected chi connectivity index (χ3v) is 4.98. The number of hydrazine groups is 1. The second-order valence-electron chi connectivity index (χ2n) is 6.99. The molecular formula is C21H13ClF4N6O3. The van der Waals surface area contributed by atoms with Gasteiger partial charge in [-0.2, -0.15) is 18.3 Å². The lowest BCUT2D eigenvalue weighted by atomic mass is 10.0. The number of amides is 2. The Bertz CT molecular complexity index is 1400. The van der Waals surface area contributed by atoms with Crippen molar-refractivity contribution in [1.82, 2.24) is 30.8 Å². The van der Waals surface area contributed by atoms with Gasteiger partial charge >= 0.3 is 6.18 Å². The van der Waals surface area contributed by atoms with Crippen molar-refractivity contribution in [3.63, 3.8) is 0 Å². The van der Waals surface area contributed by atoms with Gasteiger partial charge in [-0.25, -0.2) is 9.07 Å². The van der Waals surface area contributed by atoms with Crippen LogP contribution in [0.15, 0.2) is 53.4 Å². The van der Waals surface area contributed by atoms with Crippen LogP contribution in [0.2, 0.25) is 5.02 Å². The Morgan fingerprint density at radius 1 is 1.11 bits per heavy atom. The molecule has 0 fully saturated rings. The zero-order valence-corrected chi connectivity index (χ0v) is 18.3. The summed E-state index contributed by atoms with van der Waals surface area (Å²) >= 11 is 6.09. The van der Waals surface area contributed by atoms with Crippen LogP contribution in [-0.2, 0) is 11.0 Å². The summed E-state index contributed by atoms with van der Waals surface area (Å²) in [7, 11) is 0. The van der Waals surface area contributed by atoms with Gasteiger partial charge in [0.05, 0.1) is 28.0 Å². The lowest BCUT2D eigenvalue weighted by Crippen LogP contribution is -2.40. The molecule has 3 heterocycles. The van der Waals surface area contributed by atoms with E-state index in [-0.39, 0.29) is 16.3 Å². The number of carbonyl (C=O) groups excluding carboxylic acids is 2. The summed E-state index contributed by atoms with van der Waals surface area (Å²) < 4.78 is 62.9. The maximum absolute atomic E-state index is 14.6. The largest absolute Gasteiger partial charge is 0.434 e. The molecule has 0 radical (unpaired) electrons. The normalized spacial score (nSPS) is 11.4. The van der Waals surface area contributed by atoms with Gasteiger partial charge in [0.25, 0.3) is 5.91 Å². The minimum absolute atomic E-state index is 0.0275. The van der Waals surface area contributed by atoms with Crippen molar-refractivity contribution in [2.45, 2.75) is 13.1 Å². The fourth-order valence-electron chi connectivity index (χ4n) is 3.25. The molecule has 14 heteroatoms. The Labute approximate surface area is 198 Å². The molecule has 1 aromatic carbocycles. The van der Waals surface area contributed by atoms with Crippen molar-refractivity contribution in [3.05, 3.63) is 71.0 Å². The van der Waals surface area contributed by atoms with E-state index in [0.29, 0.717) is 4.68 Å². The number of halogens is 5. The molecule has 4 aromatic rings. The maximum Gasteiger partial charge on any atom is 0.434 e. The van der Waals surface area contributed by atoms with E-state index in [2.05, 4.69) is 15.2 Å². The third-order valence-electron chi connectivity index (χ3n) is 4.66. The monoisotopic (exact) mass is 508 g/mol. The van der Waals surface area contributed by atoms with E-state index in [1.165, 1.54) is 36.7 Å². The molecule has 0 atom stereocenters. The predicted molar refractivity (Wildman–Crippen MR) is 114 cm³/mol. The minimum atomic E-state index is -4.97. The number of pyridine rings is 1. The molecule has 9 nitrogen and oxygen atoms in total. The average Bonchev–Trinajstić information content (AvgIpc) is 3.42. The smallest absolute Gasteiger partial charge is 0.355 e. The highest BCUT2D eigenvalue weighted by Gasteiger charge is 2.42. The summed E-state index contributed by atoms with van der Waals surface area (Å²) in [5.74, 6) is -3.39. The average molecular weight is 509 g/mol. The van der Waals surface area contributed by atoms with E-state index in [0.717, 1.165) is 19.2 Å². The highest BCUT2D eigenvalue weighted by Crippen LogP contribution is 2.42. The van der Waals surface area contributed by atoms with E-state index in [1.54, 1.807) is 0 Å². The van der Waals surface area contributed by atoms with Gasteiger partial charge in [0.2, 0.25) is 5.91 Å². The second-order valence-corrected chi connectivity index (χ2v) is 7.40. The Hall–Kier alpha value is -4.26. The van der Waals surface area contributed by atoms with Crippen molar-refractivity contribution >= 4 is 23.4 Å². The van der Waals surface area contributed by atoms with E-state index in [1.807, 2.05) is 10.9 Å². The number of rotatable bonds is 4. The first-order valence-electron chi connectivity index (χ1n) is 9.66. The fourth-order valence-corrected chi connectivity index (χ4v) is 3.51. The van der Waals surface area contributed by atoms with Gasteiger partial charge in [0, 0.05) is 19.3 Å². The molecule has 0 unspecified atom stereocenters. The summed E-state index contributed by atoms with van der Waals surface area (Å²) in [5.41, 5.74) is 0.643. The van der Waals surface area contributed by atoms with Crippen molar-refractivity contribution in [1.29, 1.82) is 0 Å². The molecule has 180 valence electrons. The number of aromatic nitrogens is 4. The van der Waals surface area contributed by atoms with Gasteiger partial charge in [-0.1, -0.05) is 22.8 Å². The topological polar surface area (TPSA) is 115 Å². The molecule has 3 aromatic heterocycles. The lowest BCUT2D eigenvalue weighted by molar-refractivity contribution is -0.142. The molecule has 0 aliphatic carbocycles. The number of nitrogens with zero attached hydrogens (tertiary/aromatic N) is 4. The summed E-state index contributed by atoms with van der Waals surface area (Å²) in [5, 5.41) is 7.27. The Balaban J connectivity index is 1.98. The highest BCUT2D eigenvalue weighted by molar-refractivity contribution is 6.33. The SMILES string of the molecule is CC(=O)NNC(=O)c1c(-c2c(F)cccc2Cl)noc1-c1cnn(-c2ccncc2)c1C(F)(F)F. The van der Waals surface area contributed by atoms with Crippen LogP contribution in [-0.4, -0.2) is 31.7 Å². The van der Waals surface area contributed by atoms with Crippen LogP contribution in [0.4, 0.5) is 17.6 Å². The summed E-state index contributed by atoms with van der Waals surface area (Å²) in [6.45, 7) is 1.09. The number of benzene rings is 1. The third kappa shape index (κ3) is 4.57. The molecule has 0 aliphatic rings. The van der Waals surface area contributed by atoms with Gasteiger partial charge in [-0.3, -0.25) is 25.4 Å². The summed E-state index contributed by atoms with van der Waals surface area (Å²) in [6.07, 6.45) is -1.60. The van der Waals surface area contributed by atoms with E-state index in [9.17, 15) is 27.2 Å². The molecule has 0 aliphatic heterocycles. The van der Waals surface area contributed by atoms with Crippen molar-refractivity contribution in [3.8, 4) is 28.3 Å². The first kappa shape index (κ1) is 23.9. The van der Waals surface area contributed by atoms with Gasteiger partial charge in [0.1, 0.15) is 17.1 Å². The van der Waals surface area contributed by atoms with Crippen molar-refractivity contribution < 1.29 is 31.7 Å². The van der Waals surface area contributed by atoms with Crippen molar-refractivity contribution in [2.75, 3.05) is 0 Å². The molecule has 0 saturated carbocycles. The van der Waals surface area contributed by atoms with Crippen LogP contribution >= 0.6 is 11.6 Å². The quantitative estimate of drug-likeness (QED) is 0.316. The van der Waals surface area contributed by atoms with Crippen LogP contribution in [0.3, 0.4) is 0 Å². The maximum atomic E-state index is 14.6. The molecule has 35 heavy (non-hydrogen) atoms. The predicted octanol–water partition coefficient (Wildman–Crippen LogP) is 4.18. The van der Waals surface area contributed by atoms with Crippen LogP contribution in [0.1, 0.15) is 23.0 Å². The zero-order chi connectivity index (χ0) is 25.3. The molecular weight excluding hydrogens is 496 g/mol. The minimum Gasteiger partial charge on any atom is -0.355 e. The Kier molecular flexibility index (Phi) is 6.26. The molecule has 0 bridgehead atoms. The van der Waals surface area contributed by atoms with Gasteiger partial charge in [-0.15, -0.1) is 0 Å². The Morgan fingerprint density at radius 2 is 1.83 bits per heavy atom. The number of hydrogen-bond donors (Lipinski definition) is 2. The summed E-state index contributed by atoms with van der Waals surface area (Å²) in [4.78, 5) is 28.0. The van der Waals surface area contributed by atoms with Gasteiger partial charge < -0.3 is 4.52 Å². The van der Waals surface area contributed by atoms with Gasteiger partial charge in [-0.05, 0) is 24.3 Å². The number of alkyl halides is 3. The lowest BCUT2D eigenvalue weighted by Gasteiger charge is -2.12. The zero-order valence-electron chi connectivity index (χ0n) is 17.5. The standard InChI is InChI=1S/C21H13ClF4N6O3/c1-10(33)29-30-20(34)16-17(15-13(22)3-2-4-14(15)23)31-35-18(16)12-9-28-32(19(12)21(24,25)26)11-5-7-27-8-6-11/h2-9H,1H3,(H,29,33)(H,30,34). The molecule has 2 amide bonds. The van der Waals surface area contributed by atoms with Crippen LogP contribution in [0.5, 0.6) is 0 Å². The molecule has 0 saturated heterocycles. The van der Waals surface area contributed by atoms with Gasteiger partial charge in [0.15, 0.2) is 11.5 Å². The Morgan fingerprint density at radius 3 is 2.46 bits per heavy atom. The van der Waals surface area contributed by atoms with E-state index >= 15 is 0 Å². The summed E-state index contributed by atoms with van der Waals surface area (Å²) in [6, 6.07) is 6.20. The van der Waals surface area contributed by atoms with Crippen LogP contribution < -0.4 is 10.9 Å².